The van der Waals surface area contributed by atoms with Gasteiger partial charge in [-0.2, -0.15) is 0 Å². The zero-order valence-electron chi connectivity index (χ0n) is 11.2. The number of hydrogen-bond acceptors (Lipinski definition) is 3. The van der Waals surface area contributed by atoms with Crippen LogP contribution in [0.1, 0.15) is 15.9 Å². The Morgan fingerprint density at radius 3 is 2.75 bits per heavy atom. The van der Waals surface area contributed by atoms with Crippen molar-refractivity contribution in [3.8, 4) is 5.75 Å². The number of aryl methyl sites for hydroxylation is 1. The molecule has 0 unspecified atom stereocenters. The molecule has 2 aromatic carbocycles. The minimum atomic E-state index is -0.271. The van der Waals surface area contributed by atoms with Gasteiger partial charge in [0.15, 0.2) is 0 Å². The second kappa shape index (κ2) is 5.96. The molecule has 0 saturated carbocycles. The Bertz CT molecular complexity index is 656. The van der Waals surface area contributed by atoms with Gasteiger partial charge in [-0.3, -0.25) is 4.79 Å². The van der Waals surface area contributed by atoms with Crippen molar-refractivity contribution in [1.82, 2.24) is 0 Å². The van der Waals surface area contributed by atoms with E-state index in [-0.39, 0.29) is 5.91 Å². The maximum Gasteiger partial charge on any atom is 0.257 e. The van der Waals surface area contributed by atoms with Gasteiger partial charge in [0, 0.05) is 10.2 Å². The third kappa shape index (κ3) is 2.93. The largest absolute Gasteiger partial charge is 0.497 e. The number of nitrogen functional groups attached to an aromatic ring is 1. The molecule has 0 aromatic heterocycles. The van der Waals surface area contributed by atoms with E-state index in [4.69, 9.17) is 10.5 Å². The summed E-state index contributed by atoms with van der Waals surface area (Å²) in [6.07, 6.45) is 0. The third-order valence-corrected chi connectivity index (χ3v) is 4.00. The maximum atomic E-state index is 12.3. The van der Waals surface area contributed by atoms with Crippen molar-refractivity contribution < 1.29 is 9.53 Å². The lowest BCUT2D eigenvalue weighted by atomic mass is 10.1. The Morgan fingerprint density at radius 1 is 1.30 bits per heavy atom. The molecule has 4 nitrogen and oxygen atoms in total. The zero-order valence-corrected chi connectivity index (χ0v) is 12.8. The molecule has 0 aliphatic heterocycles. The van der Waals surface area contributed by atoms with Crippen LogP contribution < -0.4 is 15.8 Å². The van der Waals surface area contributed by atoms with Crippen LogP contribution in [0.25, 0.3) is 0 Å². The van der Waals surface area contributed by atoms with Crippen LogP contribution in [-0.2, 0) is 0 Å². The molecule has 0 spiro atoms. The molecule has 104 valence electrons. The first kappa shape index (κ1) is 14.4. The first-order chi connectivity index (χ1) is 9.52. The lowest BCUT2D eigenvalue weighted by molar-refractivity contribution is 0.102. The molecule has 0 bridgehead atoms. The molecule has 2 aromatic rings. The molecule has 0 radical (unpaired) electrons. The number of carbonyl (C=O) groups excluding carboxylic acids is 1. The van der Waals surface area contributed by atoms with Gasteiger partial charge < -0.3 is 15.8 Å². The number of carbonyl (C=O) groups is 1. The zero-order chi connectivity index (χ0) is 14.7. The molecule has 0 fully saturated rings. The Labute approximate surface area is 126 Å². The van der Waals surface area contributed by atoms with Gasteiger partial charge in [0.1, 0.15) is 5.75 Å². The smallest absolute Gasteiger partial charge is 0.257 e. The van der Waals surface area contributed by atoms with Crippen LogP contribution >= 0.6 is 15.9 Å². The maximum absolute atomic E-state index is 12.3. The standard InChI is InChI=1S/C15H15BrN2O2/c1-9-4-3-5-13(14(9)16)18-15(19)11-8-10(20-2)6-7-12(11)17/h3-8H,17H2,1-2H3,(H,18,19). The van der Waals surface area contributed by atoms with Crippen LogP contribution in [0.4, 0.5) is 11.4 Å². The van der Waals surface area contributed by atoms with E-state index in [9.17, 15) is 4.79 Å². The van der Waals surface area contributed by atoms with Crippen molar-refractivity contribution in [2.75, 3.05) is 18.2 Å². The summed E-state index contributed by atoms with van der Waals surface area (Å²) in [6.45, 7) is 1.96. The summed E-state index contributed by atoms with van der Waals surface area (Å²) in [7, 11) is 1.55. The van der Waals surface area contributed by atoms with Gasteiger partial charge in [-0.1, -0.05) is 12.1 Å². The van der Waals surface area contributed by atoms with Gasteiger partial charge in [-0.25, -0.2) is 0 Å². The van der Waals surface area contributed by atoms with Crippen molar-refractivity contribution >= 4 is 33.2 Å². The van der Waals surface area contributed by atoms with Crippen molar-refractivity contribution in [2.24, 2.45) is 0 Å². The third-order valence-electron chi connectivity index (χ3n) is 2.95. The van der Waals surface area contributed by atoms with Crippen molar-refractivity contribution in [1.29, 1.82) is 0 Å². The highest BCUT2D eigenvalue weighted by Crippen LogP contribution is 2.27. The van der Waals surface area contributed by atoms with E-state index in [1.807, 2.05) is 25.1 Å². The van der Waals surface area contributed by atoms with Gasteiger partial charge in [-0.15, -0.1) is 0 Å². The van der Waals surface area contributed by atoms with E-state index < -0.39 is 0 Å². The highest BCUT2D eigenvalue weighted by Gasteiger charge is 2.13. The summed E-state index contributed by atoms with van der Waals surface area (Å²) in [6, 6.07) is 10.7. The summed E-state index contributed by atoms with van der Waals surface area (Å²) < 4.78 is 5.96. The molecule has 1 amide bonds. The molecule has 0 heterocycles. The van der Waals surface area contributed by atoms with E-state index in [2.05, 4.69) is 21.2 Å². The number of anilines is 2. The molecule has 20 heavy (non-hydrogen) atoms. The second-order valence-electron chi connectivity index (χ2n) is 4.34. The average molecular weight is 335 g/mol. The summed E-state index contributed by atoms with van der Waals surface area (Å²) >= 11 is 3.46. The monoisotopic (exact) mass is 334 g/mol. The van der Waals surface area contributed by atoms with Gasteiger partial charge in [0.2, 0.25) is 0 Å². The molecule has 2 rings (SSSR count). The predicted octanol–water partition coefficient (Wildman–Crippen LogP) is 3.60. The molecular formula is C15H15BrN2O2. The molecule has 5 heteroatoms. The molecular weight excluding hydrogens is 320 g/mol. The number of benzene rings is 2. The summed E-state index contributed by atoms with van der Waals surface area (Å²) in [4.78, 5) is 12.3. The highest BCUT2D eigenvalue weighted by atomic mass is 79.9. The number of rotatable bonds is 3. The topological polar surface area (TPSA) is 64.3 Å². The Kier molecular flexibility index (Phi) is 4.29. The summed E-state index contributed by atoms with van der Waals surface area (Å²) in [5.41, 5.74) is 8.38. The Balaban J connectivity index is 2.30. The highest BCUT2D eigenvalue weighted by molar-refractivity contribution is 9.10. The molecule has 0 aliphatic rings. The van der Waals surface area contributed by atoms with Gasteiger partial charge >= 0.3 is 0 Å². The number of hydrogen-bond donors (Lipinski definition) is 2. The number of halogens is 1. The summed E-state index contributed by atoms with van der Waals surface area (Å²) in [5, 5.41) is 2.84. The minimum Gasteiger partial charge on any atom is -0.497 e. The number of nitrogens with two attached hydrogens (primary N) is 1. The number of methoxy groups -OCH3 is 1. The Morgan fingerprint density at radius 2 is 2.05 bits per heavy atom. The minimum absolute atomic E-state index is 0.271. The van der Waals surface area contributed by atoms with E-state index in [1.165, 1.54) is 0 Å². The van der Waals surface area contributed by atoms with Crippen LogP contribution in [0, 0.1) is 6.92 Å². The molecule has 0 aliphatic carbocycles. The molecule has 0 atom stereocenters. The van der Waals surface area contributed by atoms with E-state index in [0.29, 0.717) is 22.7 Å². The first-order valence-corrected chi connectivity index (χ1v) is 6.82. The lowest BCUT2D eigenvalue weighted by Crippen LogP contribution is -2.14. The number of nitrogens with one attached hydrogen (secondary N) is 1. The SMILES string of the molecule is COc1ccc(N)c(C(=O)Nc2cccc(C)c2Br)c1. The van der Waals surface area contributed by atoms with Crippen LogP contribution in [-0.4, -0.2) is 13.0 Å². The van der Waals surface area contributed by atoms with Gasteiger partial charge in [-0.05, 0) is 52.7 Å². The van der Waals surface area contributed by atoms with Crippen molar-refractivity contribution in [3.63, 3.8) is 0 Å². The van der Waals surface area contributed by atoms with Crippen LogP contribution in [0.5, 0.6) is 5.75 Å². The van der Waals surface area contributed by atoms with Crippen LogP contribution in [0.3, 0.4) is 0 Å². The second-order valence-corrected chi connectivity index (χ2v) is 5.14. The van der Waals surface area contributed by atoms with E-state index >= 15 is 0 Å². The predicted molar refractivity (Wildman–Crippen MR) is 84.2 cm³/mol. The Hall–Kier alpha value is -2.01. The average Bonchev–Trinajstić information content (AvgIpc) is 2.44. The van der Waals surface area contributed by atoms with E-state index in [1.54, 1.807) is 25.3 Å². The quantitative estimate of drug-likeness (QED) is 0.843. The van der Waals surface area contributed by atoms with Crippen molar-refractivity contribution in [2.45, 2.75) is 6.92 Å². The molecule has 3 N–H and O–H groups in total. The van der Waals surface area contributed by atoms with E-state index in [0.717, 1.165) is 10.0 Å². The van der Waals surface area contributed by atoms with Crippen LogP contribution in [0.2, 0.25) is 0 Å². The van der Waals surface area contributed by atoms with Gasteiger partial charge in [0.05, 0.1) is 18.4 Å². The van der Waals surface area contributed by atoms with Gasteiger partial charge in [0.25, 0.3) is 5.91 Å². The number of ether oxygens (including phenoxy) is 1. The molecule has 0 saturated heterocycles. The van der Waals surface area contributed by atoms with Crippen molar-refractivity contribution in [3.05, 3.63) is 52.0 Å². The fourth-order valence-corrected chi connectivity index (χ4v) is 2.16. The number of amides is 1. The van der Waals surface area contributed by atoms with Crippen LogP contribution in [0.15, 0.2) is 40.9 Å². The fraction of sp³-hybridized carbons (Fsp3) is 0.133. The normalized spacial score (nSPS) is 10.2. The first-order valence-electron chi connectivity index (χ1n) is 6.03. The fourth-order valence-electron chi connectivity index (χ4n) is 1.79. The lowest BCUT2D eigenvalue weighted by Gasteiger charge is -2.11. The summed E-state index contributed by atoms with van der Waals surface area (Å²) in [5.74, 6) is 0.320.